The summed E-state index contributed by atoms with van der Waals surface area (Å²) in [6.07, 6.45) is 4.51. The van der Waals surface area contributed by atoms with E-state index in [4.69, 9.17) is 0 Å². The maximum atomic E-state index is 12.4. The Morgan fingerprint density at radius 3 is 2.47 bits per heavy atom. The third kappa shape index (κ3) is 3.35. The lowest BCUT2D eigenvalue weighted by atomic mass is 9.89. The van der Waals surface area contributed by atoms with Crippen molar-refractivity contribution in [2.75, 3.05) is 19.6 Å². The predicted octanol–water partition coefficient (Wildman–Crippen LogP) is 2.05. The van der Waals surface area contributed by atoms with Gasteiger partial charge in [-0.1, -0.05) is 6.92 Å². The van der Waals surface area contributed by atoms with E-state index in [1.165, 1.54) is 12.8 Å². The van der Waals surface area contributed by atoms with Crippen LogP contribution in [0.15, 0.2) is 0 Å². The lowest BCUT2D eigenvalue weighted by Crippen LogP contribution is -2.49. The van der Waals surface area contributed by atoms with Crippen molar-refractivity contribution in [3.05, 3.63) is 0 Å². The molecule has 2 heterocycles. The number of likely N-dealkylation sites (tertiary alicyclic amines) is 1. The molecule has 2 fully saturated rings. The summed E-state index contributed by atoms with van der Waals surface area (Å²) in [6, 6.07) is 0.441. The monoisotopic (exact) mass is 260 g/mol. The number of carbonyl (C=O) groups excluding carboxylic acids is 1. The first-order valence-electron chi connectivity index (χ1n) is 6.71. The van der Waals surface area contributed by atoms with E-state index in [1.54, 1.807) is 0 Å². The van der Waals surface area contributed by atoms with Crippen molar-refractivity contribution >= 4 is 18.3 Å². The number of carbonyl (C=O) groups is 1. The summed E-state index contributed by atoms with van der Waals surface area (Å²) in [5.74, 6) is 1.37. The molecule has 1 amide bonds. The summed E-state index contributed by atoms with van der Waals surface area (Å²) >= 11 is 0. The standard InChI is InChI=1S/C13H24N2O.ClH/c1-10-4-3-9-15(11(10)2)13(16)12-5-7-14-8-6-12;/h10-12,14H,3-9H2,1-2H3;1H. The summed E-state index contributed by atoms with van der Waals surface area (Å²) in [4.78, 5) is 14.6. The van der Waals surface area contributed by atoms with Crippen LogP contribution in [0.5, 0.6) is 0 Å². The Hall–Kier alpha value is -0.280. The highest BCUT2D eigenvalue weighted by atomic mass is 35.5. The molecule has 2 rings (SSSR count). The molecule has 2 atom stereocenters. The van der Waals surface area contributed by atoms with E-state index >= 15 is 0 Å². The van der Waals surface area contributed by atoms with Gasteiger partial charge in [0.2, 0.25) is 5.91 Å². The molecule has 0 aromatic heterocycles. The molecule has 2 aliphatic heterocycles. The Morgan fingerprint density at radius 2 is 1.82 bits per heavy atom. The van der Waals surface area contributed by atoms with E-state index in [9.17, 15) is 4.79 Å². The van der Waals surface area contributed by atoms with Gasteiger partial charge >= 0.3 is 0 Å². The molecule has 0 aromatic carbocycles. The molecule has 0 radical (unpaired) electrons. The van der Waals surface area contributed by atoms with Crippen LogP contribution >= 0.6 is 12.4 Å². The van der Waals surface area contributed by atoms with Gasteiger partial charge < -0.3 is 10.2 Å². The second kappa shape index (κ2) is 6.60. The first-order chi connectivity index (χ1) is 7.70. The Bertz CT molecular complexity index is 254. The van der Waals surface area contributed by atoms with E-state index in [0.29, 0.717) is 17.9 Å². The van der Waals surface area contributed by atoms with Crippen LogP contribution in [0.1, 0.15) is 39.5 Å². The molecule has 0 saturated carbocycles. The van der Waals surface area contributed by atoms with Crippen molar-refractivity contribution < 1.29 is 4.79 Å². The highest BCUT2D eigenvalue weighted by Crippen LogP contribution is 2.26. The van der Waals surface area contributed by atoms with E-state index in [2.05, 4.69) is 24.1 Å². The largest absolute Gasteiger partial charge is 0.339 e. The molecule has 0 bridgehead atoms. The second-order valence-electron chi connectivity index (χ2n) is 5.42. The minimum absolute atomic E-state index is 0. The molecule has 0 spiro atoms. The minimum atomic E-state index is 0. The Labute approximate surface area is 111 Å². The van der Waals surface area contributed by atoms with Crippen LogP contribution in [0.4, 0.5) is 0 Å². The number of halogens is 1. The summed E-state index contributed by atoms with van der Waals surface area (Å²) in [5.41, 5.74) is 0. The lowest BCUT2D eigenvalue weighted by molar-refractivity contribution is -0.141. The lowest BCUT2D eigenvalue weighted by Gasteiger charge is -2.40. The average molecular weight is 261 g/mol. The highest BCUT2D eigenvalue weighted by Gasteiger charge is 2.32. The highest BCUT2D eigenvalue weighted by molar-refractivity contribution is 5.85. The maximum Gasteiger partial charge on any atom is 0.226 e. The van der Waals surface area contributed by atoms with Crippen LogP contribution < -0.4 is 5.32 Å². The molecular weight excluding hydrogens is 236 g/mol. The van der Waals surface area contributed by atoms with Crippen molar-refractivity contribution in [3.8, 4) is 0 Å². The molecular formula is C13H25ClN2O. The van der Waals surface area contributed by atoms with Gasteiger partial charge in [-0.3, -0.25) is 4.79 Å². The molecule has 2 aliphatic rings. The molecule has 0 aromatic rings. The summed E-state index contributed by atoms with van der Waals surface area (Å²) in [6.45, 7) is 7.48. The van der Waals surface area contributed by atoms with E-state index in [1.807, 2.05) is 0 Å². The Balaban J connectivity index is 0.00000144. The molecule has 1 N–H and O–H groups in total. The molecule has 100 valence electrons. The summed E-state index contributed by atoms with van der Waals surface area (Å²) < 4.78 is 0. The zero-order valence-corrected chi connectivity index (χ0v) is 11.8. The number of hydrogen-bond acceptors (Lipinski definition) is 2. The fraction of sp³-hybridized carbons (Fsp3) is 0.923. The van der Waals surface area contributed by atoms with Gasteiger partial charge in [0.1, 0.15) is 0 Å². The number of nitrogens with one attached hydrogen (secondary N) is 1. The van der Waals surface area contributed by atoms with Crippen molar-refractivity contribution in [1.29, 1.82) is 0 Å². The van der Waals surface area contributed by atoms with Crippen molar-refractivity contribution in [3.63, 3.8) is 0 Å². The first-order valence-corrected chi connectivity index (χ1v) is 6.71. The predicted molar refractivity (Wildman–Crippen MR) is 72.4 cm³/mol. The van der Waals surface area contributed by atoms with Crippen molar-refractivity contribution in [1.82, 2.24) is 10.2 Å². The van der Waals surface area contributed by atoms with Crippen molar-refractivity contribution in [2.24, 2.45) is 11.8 Å². The number of piperidine rings is 2. The van der Waals surface area contributed by atoms with Gasteiger partial charge in [-0.2, -0.15) is 0 Å². The van der Waals surface area contributed by atoms with Crippen LogP contribution in [0, 0.1) is 11.8 Å². The van der Waals surface area contributed by atoms with Gasteiger partial charge in [0, 0.05) is 18.5 Å². The smallest absolute Gasteiger partial charge is 0.226 e. The summed E-state index contributed by atoms with van der Waals surface area (Å²) in [5, 5.41) is 3.32. The van der Waals surface area contributed by atoms with Gasteiger partial charge in [-0.25, -0.2) is 0 Å². The van der Waals surface area contributed by atoms with Gasteiger partial charge in [0.25, 0.3) is 0 Å². The van der Waals surface area contributed by atoms with Gasteiger partial charge in [0.15, 0.2) is 0 Å². The molecule has 17 heavy (non-hydrogen) atoms. The third-order valence-corrected chi connectivity index (χ3v) is 4.35. The SMILES string of the molecule is CC1CCCN(C(=O)C2CCNCC2)C1C.Cl. The zero-order valence-electron chi connectivity index (χ0n) is 10.9. The average Bonchev–Trinajstić information content (AvgIpc) is 2.33. The van der Waals surface area contributed by atoms with Crippen LogP contribution in [0.3, 0.4) is 0 Å². The number of amides is 1. The van der Waals surface area contributed by atoms with Crippen molar-refractivity contribution in [2.45, 2.75) is 45.6 Å². The van der Waals surface area contributed by atoms with Crippen LogP contribution in [0.25, 0.3) is 0 Å². The van der Waals surface area contributed by atoms with Gasteiger partial charge in [-0.15, -0.1) is 12.4 Å². The van der Waals surface area contributed by atoms with E-state index < -0.39 is 0 Å². The number of rotatable bonds is 1. The maximum absolute atomic E-state index is 12.4. The Morgan fingerprint density at radius 1 is 1.18 bits per heavy atom. The summed E-state index contributed by atoms with van der Waals surface area (Å²) in [7, 11) is 0. The molecule has 0 aliphatic carbocycles. The molecule has 2 unspecified atom stereocenters. The van der Waals surface area contributed by atoms with Crippen LogP contribution in [-0.4, -0.2) is 36.5 Å². The van der Waals surface area contributed by atoms with Crippen LogP contribution in [0.2, 0.25) is 0 Å². The van der Waals surface area contributed by atoms with Crippen LogP contribution in [-0.2, 0) is 4.79 Å². The topological polar surface area (TPSA) is 32.3 Å². The third-order valence-electron chi connectivity index (χ3n) is 4.35. The number of nitrogens with zero attached hydrogens (tertiary/aromatic N) is 1. The molecule has 2 saturated heterocycles. The first kappa shape index (κ1) is 14.8. The van der Waals surface area contributed by atoms with E-state index in [-0.39, 0.29) is 18.3 Å². The van der Waals surface area contributed by atoms with Gasteiger partial charge in [-0.05, 0) is 51.6 Å². The fourth-order valence-corrected chi connectivity index (χ4v) is 2.95. The van der Waals surface area contributed by atoms with E-state index in [0.717, 1.165) is 32.5 Å². The Kier molecular flexibility index (Phi) is 5.74. The quantitative estimate of drug-likeness (QED) is 0.783. The molecule has 3 nitrogen and oxygen atoms in total. The number of hydrogen-bond donors (Lipinski definition) is 1. The zero-order chi connectivity index (χ0) is 11.5. The van der Waals surface area contributed by atoms with Gasteiger partial charge in [0.05, 0.1) is 0 Å². The normalized spacial score (nSPS) is 30.8. The molecule has 4 heteroatoms. The minimum Gasteiger partial charge on any atom is -0.339 e. The fourth-order valence-electron chi connectivity index (χ4n) is 2.95. The second-order valence-corrected chi connectivity index (χ2v) is 5.42.